The van der Waals surface area contributed by atoms with Gasteiger partial charge < -0.3 is 20.7 Å². The number of H-pyrrole nitrogens is 1. The number of anilines is 1. The lowest BCUT2D eigenvalue weighted by Crippen LogP contribution is -2.59. The summed E-state index contributed by atoms with van der Waals surface area (Å²) >= 11 is 0. The first-order valence-electron chi connectivity index (χ1n) is 10.8. The smallest absolute Gasteiger partial charge is 0.0991 e. The minimum Gasteiger partial charge on any atom is -0.394 e. The van der Waals surface area contributed by atoms with E-state index in [2.05, 4.69) is 51.8 Å². The van der Waals surface area contributed by atoms with Crippen LogP contribution >= 0.6 is 0 Å². The number of nitriles is 1. The minimum absolute atomic E-state index is 0.0469. The molecule has 3 aromatic rings. The number of nitrogens with zero attached hydrogens (tertiary/aromatic N) is 2. The molecule has 6 nitrogen and oxygen atoms in total. The van der Waals surface area contributed by atoms with E-state index in [1.807, 2.05) is 36.5 Å². The van der Waals surface area contributed by atoms with Crippen molar-refractivity contribution in [3.8, 4) is 6.07 Å². The van der Waals surface area contributed by atoms with Crippen LogP contribution in [0.25, 0.3) is 0 Å². The van der Waals surface area contributed by atoms with Crippen LogP contribution in [-0.4, -0.2) is 40.3 Å². The van der Waals surface area contributed by atoms with Gasteiger partial charge in [0.15, 0.2) is 0 Å². The molecule has 6 heteroatoms. The molecule has 0 saturated carbocycles. The van der Waals surface area contributed by atoms with Crippen molar-refractivity contribution in [1.82, 2.24) is 15.3 Å². The second kappa shape index (κ2) is 9.34. The summed E-state index contributed by atoms with van der Waals surface area (Å²) in [5, 5.41) is 27.0. The Morgan fingerprint density at radius 3 is 2.81 bits per heavy atom. The molecule has 31 heavy (non-hydrogen) atoms. The lowest BCUT2D eigenvalue weighted by atomic mass is 9.69. The second-order valence-electron chi connectivity index (χ2n) is 8.50. The van der Waals surface area contributed by atoms with E-state index < -0.39 is 5.54 Å². The number of piperidine rings is 1. The van der Waals surface area contributed by atoms with E-state index in [-0.39, 0.29) is 18.4 Å². The fourth-order valence-electron chi connectivity index (χ4n) is 4.79. The van der Waals surface area contributed by atoms with Gasteiger partial charge >= 0.3 is 0 Å². The normalized spacial score (nSPS) is 21.9. The molecule has 3 unspecified atom stereocenters. The molecular formula is C25H29N5O. The Hall–Kier alpha value is -3.14. The van der Waals surface area contributed by atoms with Gasteiger partial charge in [0.2, 0.25) is 0 Å². The van der Waals surface area contributed by atoms with Gasteiger partial charge in [-0.05, 0) is 61.7 Å². The number of aromatic amines is 1. The Bertz CT molecular complexity index is 1020. The summed E-state index contributed by atoms with van der Waals surface area (Å²) in [5.74, 6) is 0.246. The lowest BCUT2D eigenvalue weighted by molar-refractivity contribution is 0.108. The highest BCUT2D eigenvalue weighted by Crippen LogP contribution is 2.40. The summed E-state index contributed by atoms with van der Waals surface area (Å²) in [6, 6.07) is 18.3. The van der Waals surface area contributed by atoms with Crippen LogP contribution in [0.3, 0.4) is 0 Å². The summed E-state index contributed by atoms with van der Waals surface area (Å²) in [4.78, 5) is 7.59. The molecular weight excluding hydrogens is 386 g/mol. The van der Waals surface area contributed by atoms with E-state index in [0.717, 1.165) is 42.9 Å². The topological polar surface area (TPSA) is 96.8 Å². The molecule has 4 N–H and O–H groups in total. The minimum atomic E-state index is -0.457. The molecule has 1 aromatic heterocycles. The third-order valence-electron chi connectivity index (χ3n) is 6.46. The zero-order valence-corrected chi connectivity index (χ0v) is 17.8. The number of hydrogen-bond acceptors (Lipinski definition) is 5. The van der Waals surface area contributed by atoms with Gasteiger partial charge in [0, 0.05) is 36.0 Å². The van der Waals surface area contributed by atoms with E-state index in [9.17, 15) is 5.11 Å². The van der Waals surface area contributed by atoms with Gasteiger partial charge in [-0.25, -0.2) is 4.98 Å². The van der Waals surface area contributed by atoms with Crippen LogP contribution in [0.4, 0.5) is 5.69 Å². The third kappa shape index (κ3) is 4.63. The Balaban J connectivity index is 1.69. The standard InChI is InChI=1S/C25H29N5O/c1-18-3-2-4-21(11-18)30-25(16-31)9-10-27-14-23(25)22(24-15-28-17-29-24)12-19-5-7-20(13-26)8-6-19/h2-8,11,15,17,22-23,27,30-31H,9-10,12,14,16H2,1H3,(H,28,29). The summed E-state index contributed by atoms with van der Waals surface area (Å²) in [7, 11) is 0. The Morgan fingerprint density at radius 1 is 1.29 bits per heavy atom. The summed E-state index contributed by atoms with van der Waals surface area (Å²) in [5.41, 5.74) is 4.64. The molecule has 0 bridgehead atoms. The van der Waals surface area contributed by atoms with Gasteiger partial charge in [0.25, 0.3) is 0 Å². The van der Waals surface area contributed by atoms with Crippen molar-refractivity contribution in [2.24, 2.45) is 5.92 Å². The largest absolute Gasteiger partial charge is 0.394 e. The van der Waals surface area contributed by atoms with E-state index >= 15 is 0 Å². The highest BCUT2D eigenvalue weighted by molar-refractivity contribution is 5.48. The molecule has 1 aliphatic rings. The first-order valence-corrected chi connectivity index (χ1v) is 10.8. The highest BCUT2D eigenvalue weighted by atomic mass is 16.3. The molecule has 4 rings (SSSR count). The van der Waals surface area contributed by atoms with E-state index in [1.165, 1.54) is 5.56 Å². The summed E-state index contributed by atoms with van der Waals surface area (Å²) in [6.45, 7) is 3.77. The number of rotatable bonds is 7. The number of aryl methyl sites for hydroxylation is 1. The van der Waals surface area contributed by atoms with Gasteiger partial charge in [-0.15, -0.1) is 0 Å². The van der Waals surface area contributed by atoms with E-state index in [4.69, 9.17) is 5.26 Å². The zero-order valence-electron chi connectivity index (χ0n) is 17.8. The van der Waals surface area contributed by atoms with Crippen LogP contribution in [0.2, 0.25) is 0 Å². The molecule has 0 radical (unpaired) electrons. The lowest BCUT2D eigenvalue weighted by Gasteiger charge is -2.48. The van der Waals surface area contributed by atoms with Crippen molar-refractivity contribution in [3.05, 3.63) is 83.4 Å². The predicted molar refractivity (Wildman–Crippen MR) is 122 cm³/mol. The first-order chi connectivity index (χ1) is 15.1. The van der Waals surface area contributed by atoms with Crippen molar-refractivity contribution in [1.29, 1.82) is 5.26 Å². The van der Waals surface area contributed by atoms with E-state index in [0.29, 0.717) is 5.56 Å². The molecule has 160 valence electrons. The zero-order chi connectivity index (χ0) is 21.7. The van der Waals surface area contributed by atoms with Crippen LogP contribution in [0.15, 0.2) is 61.1 Å². The van der Waals surface area contributed by atoms with Gasteiger partial charge in [0.1, 0.15) is 0 Å². The maximum Gasteiger partial charge on any atom is 0.0991 e. The van der Waals surface area contributed by atoms with Crippen molar-refractivity contribution >= 4 is 5.69 Å². The average molecular weight is 416 g/mol. The maximum atomic E-state index is 10.7. The molecule has 0 aliphatic carbocycles. The fraction of sp³-hybridized carbons (Fsp3) is 0.360. The first kappa shape index (κ1) is 21.1. The summed E-state index contributed by atoms with van der Waals surface area (Å²) in [6.07, 6.45) is 5.21. The number of benzene rings is 2. The average Bonchev–Trinajstić information content (AvgIpc) is 3.33. The molecule has 1 fully saturated rings. The fourth-order valence-corrected chi connectivity index (χ4v) is 4.79. The van der Waals surface area contributed by atoms with Crippen molar-refractivity contribution in [2.45, 2.75) is 31.2 Å². The number of aliphatic hydroxyl groups excluding tert-OH is 1. The van der Waals surface area contributed by atoms with Gasteiger partial charge in [-0.3, -0.25) is 0 Å². The monoisotopic (exact) mass is 415 g/mol. The predicted octanol–water partition coefficient (Wildman–Crippen LogP) is 3.37. The van der Waals surface area contributed by atoms with Crippen LogP contribution in [-0.2, 0) is 6.42 Å². The second-order valence-corrected chi connectivity index (χ2v) is 8.50. The van der Waals surface area contributed by atoms with Crippen LogP contribution < -0.4 is 10.6 Å². The molecule has 3 atom stereocenters. The highest BCUT2D eigenvalue weighted by Gasteiger charge is 2.45. The third-order valence-corrected chi connectivity index (χ3v) is 6.46. The number of aromatic nitrogens is 2. The number of imidazole rings is 1. The Labute approximate surface area is 183 Å². The summed E-state index contributed by atoms with van der Waals surface area (Å²) < 4.78 is 0. The molecule has 1 saturated heterocycles. The Morgan fingerprint density at radius 2 is 2.13 bits per heavy atom. The number of hydrogen-bond donors (Lipinski definition) is 4. The van der Waals surface area contributed by atoms with E-state index in [1.54, 1.807) is 6.33 Å². The SMILES string of the molecule is Cc1cccc(NC2(CO)CCNCC2C(Cc2ccc(C#N)cc2)c2cnc[nH]2)c1. The number of nitrogens with one attached hydrogen (secondary N) is 3. The van der Waals surface area contributed by atoms with Gasteiger partial charge in [-0.2, -0.15) is 5.26 Å². The molecule has 1 aliphatic heterocycles. The van der Waals surface area contributed by atoms with Crippen molar-refractivity contribution in [3.63, 3.8) is 0 Å². The van der Waals surface area contributed by atoms with Crippen LogP contribution in [0.1, 0.15) is 34.7 Å². The van der Waals surface area contributed by atoms with Gasteiger partial charge in [0.05, 0.1) is 30.1 Å². The van der Waals surface area contributed by atoms with Crippen molar-refractivity contribution in [2.75, 3.05) is 25.0 Å². The quantitative estimate of drug-likeness (QED) is 0.474. The molecule has 2 heterocycles. The van der Waals surface area contributed by atoms with Crippen LogP contribution in [0, 0.1) is 24.2 Å². The molecule has 0 spiro atoms. The maximum absolute atomic E-state index is 10.7. The number of aliphatic hydroxyl groups is 1. The Kier molecular flexibility index (Phi) is 6.36. The molecule has 0 amide bonds. The van der Waals surface area contributed by atoms with Crippen LogP contribution in [0.5, 0.6) is 0 Å². The molecule has 2 aromatic carbocycles. The van der Waals surface area contributed by atoms with Gasteiger partial charge in [-0.1, -0.05) is 24.3 Å². The van der Waals surface area contributed by atoms with Crippen molar-refractivity contribution < 1.29 is 5.11 Å².